The summed E-state index contributed by atoms with van der Waals surface area (Å²) in [5.74, 6) is -0.836. The van der Waals surface area contributed by atoms with Crippen LogP contribution in [0.4, 0.5) is 14.6 Å². The van der Waals surface area contributed by atoms with Crippen molar-refractivity contribution >= 4 is 34.7 Å². The molecule has 0 aliphatic carbocycles. The molecule has 1 aromatic carbocycles. The van der Waals surface area contributed by atoms with Gasteiger partial charge in [0.1, 0.15) is 23.1 Å². The maximum Gasteiger partial charge on any atom is 0.271 e. The van der Waals surface area contributed by atoms with Crippen molar-refractivity contribution in [3.05, 3.63) is 74.3 Å². The Kier molecular flexibility index (Phi) is 8.45. The zero-order valence-corrected chi connectivity index (χ0v) is 20.3. The quantitative estimate of drug-likeness (QED) is 0.379. The highest BCUT2D eigenvalue weighted by molar-refractivity contribution is 7.09. The monoisotopic (exact) mass is 504 g/mol. The summed E-state index contributed by atoms with van der Waals surface area (Å²) in [6, 6.07) is 6.17. The minimum absolute atomic E-state index is 0.0642. The van der Waals surface area contributed by atoms with Gasteiger partial charge in [0, 0.05) is 29.4 Å². The number of halogens is 3. The largest absolute Gasteiger partial charge is 0.369 e. The van der Waals surface area contributed by atoms with E-state index in [9.17, 15) is 13.6 Å². The van der Waals surface area contributed by atoms with E-state index in [4.69, 9.17) is 16.6 Å². The van der Waals surface area contributed by atoms with Gasteiger partial charge in [-0.05, 0) is 55.7 Å². The Morgan fingerprint density at radius 1 is 1.18 bits per heavy atom. The average molecular weight is 505 g/mol. The van der Waals surface area contributed by atoms with E-state index in [0.29, 0.717) is 24.5 Å². The third kappa shape index (κ3) is 6.10. The SMILES string of the molecule is O=C(NCCc1cccs1)c1cnc2c(n1)C(CCc1c(F)ccc(F)c1Cl)CCCCCN2. The Morgan fingerprint density at radius 3 is 2.85 bits per heavy atom. The summed E-state index contributed by atoms with van der Waals surface area (Å²) in [6.45, 7) is 1.28. The molecule has 2 aromatic heterocycles. The normalized spacial score (nSPS) is 16.0. The van der Waals surface area contributed by atoms with Gasteiger partial charge in [-0.2, -0.15) is 0 Å². The fourth-order valence-electron chi connectivity index (χ4n) is 4.21. The van der Waals surface area contributed by atoms with Crippen molar-refractivity contribution in [2.24, 2.45) is 0 Å². The van der Waals surface area contributed by atoms with E-state index in [0.717, 1.165) is 50.8 Å². The molecule has 1 unspecified atom stereocenters. The number of amides is 1. The Labute approximate surface area is 207 Å². The Bertz CT molecular complexity index is 1130. The standard InChI is InChI=1S/C25H27ClF2N4OS/c26-22-18(19(27)9-10-20(22)28)8-7-16-5-2-1-3-12-29-24-23(16)32-21(15-31-24)25(33)30-13-11-17-6-4-14-34-17/h4,6,9-10,14-16H,1-3,5,7-8,11-13H2,(H,29,31)(H,30,33). The number of nitrogens with one attached hydrogen (secondary N) is 2. The Hall–Kier alpha value is -2.58. The van der Waals surface area contributed by atoms with Crippen molar-refractivity contribution in [2.45, 2.75) is 50.9 Å². The molecule has 0 radical (unpaired) electrons. The molecule has 3 heterocycles. The Morgan fingerprint density at radius 2 is 2.03 bits per heavy atom. The van der Waals surface area contributed by atoms with Crippen LogP contribution in [-0.2, 0) is 12.8 Å². The van der Waals surface area contributed by atoms with Crippen molar-refractivity contribution in [3.8, 4) is 0 Å². The molecule has 0 bridgehead atoms. The van der Waals surface area contributed by atoms with Crippen LogP contribution < -0.4 is 10.6 Å². The summed E-state index contributed by atoms with van der Waals surface area (Å²) in [4.78, 5) is 23.2. The van der Waals surface area contributed by atoms with E-state index in [-0.39, 0.29) is 34.5 Å². The first-order valence-corrected chi connectivity index (χ1v) is 12.8. The maximum atomic E-state index is 14.3. The van der Waals surface area contributed by atoms with E-state index >= 15 is 0 Å². The fraction of sp³-hybridized carbons (Fsp3) is 0.400. The van der Waals surface area contributed by atoms with Gasteiger partial charge in [-0.1, -0.05) is 30.5 Å². The molecule has 1 aliphatic rings. The number of nitrogens with zero attached hydrogens (tertiary/aromatic N) is 2. The molecule has 2 N–H and O–H groups in total. The first-order valence-electron chi connectivity index (χ1n) is 11.6. The molecule has 0 saturated heterocycles. The predicted octanol–water partition coefficient (Wildman–Crippen LogP) is 6.14. The summed E-state index contributed by atoms with van der Waals surface area (Å²) < 4.78 is 28.2. The first-order chi connectivity index (χ1) is 16.5. The molecular weight excluding hydrogens is 478 g/mol. The molecule has 1 atom stereocenters. The molecule has 5 nitrogen and oxygen atoms in total. The Balaban J connectivity index is 1.52. The zero-order chi connectivity index (χ0) is 23.9. The molecule has 9 heteroatoms. The van der Waals surface area contributed by atoms with Gasteiger partial charge in [0.05, 0.1) is 16.9 Å². The van der Waals surface area contributed by atoms with Crippen LogP contribution in [0, 0.1) is 11.6 Å². The lowest BCUT2D eigenvalue weighted by atomic mass is 9.91. The van der Waals surface area contributed by atoms with E-state index in [1.54, 1.807) is 11.3 Å². The number of fused-ring (bicyclic) bond motifs is 1. The summed E-state index contributed by atoms with van der Waals surface area (Å²) in [6.07, 6.45) is 6.88. The second-order valence-corrected chi connectivity index (χ2v) is 9.82. The maximum absolute atomic E-state index is 14.3. The lowest BCUT2D eigenvalue weighted by molar-refractivity contribution is 0.0948. The summed E-state index contributed by atoms with van der Waals surface area (Å²) in [7, 11) is 0. The third-order valence-corrected chi connectivity index (χ3v) is 7.40. The molecule has 34 heavy (non-hydrogen) atoms. The van der Waals surface area contributed by atoms with Crippen LogP contribution in [0.5, 0.6) is 0 Å². The molecular formula is C25H27ClF2N4OS. The van der Waals surface area contributed by atoms with Gasteiger partial charge in [0.25, 0.3) is 5.91 Å². The smallest absolute Gasteiger partial charge is 0.271 e. The number of benzene rings is 1. The highest BCUT2D eigenvalue weighted by Crippen LogP contribution is 2.33. The minimum Gasteiger partial charge on any atom is -0.369 e. The molecule has 0 saturated carbocycles. The molecule has 0 spiro atoms. The van der Waals surface area contributed by atoms with Crippen molar-refractivity contribution < 1.29 is 13.6 Å². The number of hydrogen-bond acceptors (Lipinski definition) is 5. The topological polar surface area (TPSA) is 66.9 Å². The van der Waals surface area contributed by atoms with Gasteiger partial charge < -0.3 is 10.6 Å². The lowest BCUT2D eigenvalue weighted by Gasteiger charge is -2.19. The minimum atomic E-state index is -0.629. The summed E-state index contributed by atoms with van der Waals surface area (Å²) >= 11 is 7.70. The molecule has 4 rings (SSSR count). The number of carbonyl (C=O) groups excluding carboxylic acids is 1. The third-order valence-electron chi connectivity index (χ3n) is 6.06. The van der Waals surface area contributed by atoms with Crippen LogP contribution in [0.3, 0.4) is 0 Å². The molecule has 0 fully saturated rings. The van der Waals surface area contributed by atoms with Crippen LogP contribution in [0.1, 0.15) is 64.6 Å². The highest BCUT2D eigenvalue weighted by atomic mass is 35.5. The first kappa shape index (κ1) is 24.5. The fourth-order valence-corrected chi connectivity index (χ4v) is 5.17. The van der Waals surface area contributed by atoms with Crippen molar-refractivity contribution in [2.75, 3.05) is 18.4 Å². The zero-order valence-electron chi connectivity index (χ0n) is 18.8. The number of aromatic nitrogens is 2. The van der Waals surface area contributed by atoms with E-state index in [1.807, 2.05) is 17.5 Å². The average Bonchev–Trinajstić information content (AvgIpc) is 3.38. The van der Waals surface area contributed by atoms with Crippen molar-refractivity contribution in [1.29, 1.82) is 0 Å². The number of thiophene rings is 1. The predicted molar refractivity (Wildman–Crippen MR) is 132 cm³/mol. The lowest BCUT2D eigenvalue weighted by Crippen LogP contribution is -2.27. The second kappa shape index (κ2) is 11.7. The van der Waals surface area contributed by atoms with Gasteiger partial charge in [0.2, 0.25) is 0 Å². The van der Waals surface area contributed by atoms with Gasteiger partial charge in [-0.25, -0.2) is 18.7 Å². The van der Waals surface area contributed by atoms with E-state index in [1.165, 1.54) is 11.1 Å². The van der Waals surface area contributed by atoms with Gasteiger partial charge in [-0.3, -0.25) is 4.79 Å². The van der Waals surface area contributed by atoms with Crippen molar-refractivity contribution in [1.82, 2.24) is 15.3 Å². The van der Waals surface area contributed by atoms with E-state index < -0.39 is 11.6 Å². The molecule has 1 amide bonds. The molecule has 3 aromatic rings. The van der Waals surface area contributed by atoms with Gasteiger partial charge in [0.15, 0.2) is 0 Å². The number of carbonyl (C=O) groups is 1. The number of rotatable bonds is 7. The summed E-state index contributed by atoms with van der Waals surface area (Å²) in [5.41, 5.74) is 1.12. The van der Waals surface area contributed by atoms with Crippen LogP contribution in [-0.4, -0.2) is 29.0 Å². The second-order valence-electron chi connectivity index (χ2n) is 8.41. The van der Waals surface area contributed by atoms with Crippen molar-refractivity contribution in [3.63, 3.8) is 0 Å². The van der Waals surface area contributed by atoms with Crippen LogP contribution >= 0.6 is 22.9 Å². The molecule has 180 valence electrons. The highest BCUT2D eigenvalue weighted by Gasteiger charge is 2.23. The van der Waals surface area contributed by atoms with E-state index in [2.05, 4.69) is 15.6 Å². The molecule has 1 aliphatic heterocycles. The number of anilines is 1. The van der Waals surface area contributed by atoms with Gasteiger partial charge >= 0.3 is 0 Å². The van der Waals surface area contributed by atoms with Crippen LogP contribution in [0.2, 0.25) is 5.02 Å². The summed E-state index contributed by atoms with van der Waals surface area (Å²) in [5, 5.41) is 8.08. The van der Waals surface area contributed by atoms with Crippen LogP contribution in [0.25, 0.3) is 0 Å². The van der Waals surface area contributed by atoms with Crippen LogP contribution in [0.15, 0.2) is 35.8 Å². The number of hydrogen-bond donors (Lipinski definition) is 2. The van der Waals surface area contributed by atoms with Gasteiger partial charge in [-0.15, -0.1) is 11.3 Å².